The smallest absolute Gasteiger partial charge is 0.178 e. The van der Waals surface area contributed by atoms with Crippen LogP contribution in [-0.2, 0) is 11.0 Å². The third kappa shape index (κ3) is 8.02. The minimum atomic E-state index is -0.864. The average Bonchev–Trinajstić information content (AvgIpc) is 3.58. The van der Waals surface area contributed by atoms with E-state index in [9.17, 15) is 0 Å². The second-order valence-corrected chi connectivity index (χ2v) is 19.1. The summed E-state index contributed by atoms with van der Waals surface area (Å²) in [5, 5.41) is 2.45. The average molecular weight is 825 g/mol. The van der Waals surface area contributed by atoms with E-state index in [4.69, 9.17) is 14.2 Å². The Hall–Kier alpha value is -4.93. The number of hydrogen-bond donors (Lipinski definition) is 0. The first-order valence-corrected chi connectivity index (χ1v) is 24.4. The van der Waals surface area contributed by atoms with Crippen molar-refractivity contribution in [3.63, 3.8) is 0 Å². The van der Waals surface area contributed by atoms with E-state index in [0.29, 0.717) is 0 Å². The molecule has 6 aromatic carbocycles. The van der Waals surface area contributed by atoms with Crippen LogP contribution < -0.4 is 14.2 Å². The zero-order chi connectivity index (χ0) is 40.9. The highest BCUT2D eigenvalue weighted by atomic mass is 32.2. The predicted octanol–water partition coefficient (Wildman–Crippen LogP) is 16.0. The summed E-state index contributed by atoms with van der Waals surface area (Å²) >= 11 is 1.84. The first kappa shape index (κ1) is 40.2. The molecule has 4 heteroatoms. The molecule has 0 unspecified atom stereocenters. The Morgan fingerprint density at radius 2 is 1.03 bits per heavy atom. The van der Waals surface area contributed by atoms with Crippen LogP contribution in [0.2, 0.25) is 0 Å². The van der Waals surface area contributed by atoms with E-state index in [1.54, 1.807) is 0 Å². The van der Waals surface area contributed by atoms with Crippen molar-refractivity contribution in [2.45, 2.75) is 130 Å². The molecule has 6 aliphatic rings. The van der Waals surface area contributed by atoms with Gasteiger partial charge in [0.15, 0.2) is 5.60 Å². The molecule has 1 saturated carbocycles. The summed E-state index contributed by atoms with van der Waals surface area (Å²) in [7, 11) is 0. The molecule has 12 rings (SSSR count). The summed E-state index contributed by atoms with van der Waals surface area (Å²) < 4.78 is 20.5. The van der Waals surface area contributed by atoms with Gasteiger partial charge in [0.05, 0.1) is 13.2 Å². The first-order chi connectivity index (χ1) is 30.2. The van der Waals surface area contributed by atoms with Crippen molar-refractivity contribution in [3.8, 4) is 28.4 Å². The van der Waals surface area contributed by atoms with E-state index in [-0.39, 0.29) is 5.41 Å². The van der Waals surface area contributed by atoms with E-state index in [0.717, 1.165) is 67.3 Å². The van der Waals surface area contributed by atoms with E-state index >= 15 is 0 Å². The topological polar surface area (TPSA) is 27.7 Å². The molecule has 0 N–H and O–H groups in total. The first-order valence-electron chi connectivity index (χ1n) is 23.5. The van der Waals surface area contributed by atoms with Gasteiger partial charge in [0.2, 0.25) is 0 Å². The predicted molar refractivity (Wildman–Crippen MR) is 254 cm³/mol. The van der Waals surface area contributed by atoms with Gasteiger partial charge in [-0.3, -0.25) is 0 Å². The van der Waals surface area contributed by atoms with Gasteiger partial charge >= 0.3 is 0 Å². The number of hydrogen-bond acceptors (Lipinski definition) is 4. The molecule has 4 aliphatic heterocycles. The minimum Gasteiger partial charge on any atom is -0.494 e. The fourth-order valence-corrected chi connectivity index (χ4v) is 11.8. The molecular formula is C57H60O3S. The minimum absolute atomic E-state index is 0.0589. The fraction of sp³-hybridized carbons (Fsp3) is 0.368. The summed E-state index contributed by atoms with van der Waals surface area (Å²) in [5.74, 6) is 2.81. The molecule has 0 amide bonds. The number of benzene rings is 6. The van der Waals surface area contributed by atoms with Crippen LogP contribution in [0, 0.1) is 0 Å². The normalized spacial score (nSPS) is 18.9. The molecule has 0 aromatic heterocycles. The van der Waals surface area contributed by atoms with Crippen molar-refractivity contribution >= 4 is 28.6 Å². The lowest BCUT2D eigenvalue weighted by molar-refractivity contribution is 0.163. The van der Waals surface area contributed by atoms with Crippen LogP contribution in [0.4, 0.5) is 0 Å². The summed E-state index contributed by atoms with van der Waals surface area (Å²) in [4.78, 5) is 2.49. The van der Waals surface area contributed by atoms with Crippen molar-refractivity contribution in [3.05, 3.63) is 155 Å². The molecule has 4 heterocycles. The van der Waals surface area contributed by atoms with E-state index in [1.165, 1.54) is 132 Å². The van der Waals surface area contributed by atoms with E-state index in [2.05, 4.69) is 133 Å². The van der Waals surface area contributed by atoms with Crippen LogP contribution in [0.15, 0.2) is 137 Å². The molecule has 6 aromatic rings. The molecular weight excluding hydrogens is 765 g/mol. The van der Waals surface area contributed by atoms with Crippen LogP contribution in [0.3, 0.4) is 0 Å². The Labute approximate surface area is 367 Å². The van der Waals surface area contributed by atoms with Crippen LogP contribution in [0.5, 0.6) is 17.2 Å². The third-order valence-corrected chi connectivity index (χ3v) is 15.0. The molecule has 1 fully saturated rings. The molecule has 2 spiro atoms. The zero-order valence-corrected chi connectivity index (χ0v) is 36.6. The van der Waals surface area contributed by atoms with Crippen LogP contribution in [0.25, 0.3) is 28.0 Å². The summed E-state index contributed by atoms with van der Waals surface area (Å²) in [6, 6.07) is 44.7. The number of rotatable bonds is 2. The molecule has 312 valence electrons. The summed E-state index contributed by atoms with van der Waals surface area (Å²) in [6.45, 7) is 1.50. The van der Waals surface area contributed by atoms with Gasteiger partial charge in [0, 0.05) is 37.3 Å². The maximum absolute atomic E-state index is 7.84. The molecule has 0 atom stereocenters. The monoisotopic (exact) mass is 824 g/mol. The molecule has 3 nitrogen and oxygen atoms in total. The van der Waals surface area contributed by atoms with Crippen molar-refractivity contribution in [2.24, 2.45) is 0 Å². The largest absolute Gasteiger partial charge is 0.494 e. The van der Waals surface area contributed by atoms with Gasteiger partial charge in [0.1, 0.15) is 17.2 Å². The van der Waals surface area contributed by atoms with Crippen LogP contribution >= 0.6 is 11.8 Å². The summed E-state index contributed by atoms with van der Waals surface area (Å²) in [5.41, 5.74) is 8.29. The molecule has 2 aliphatic carbocycles. The second-order valence-electron chi connectivity index (χ2n) is 18.0. The maximum atomic E-state index is 7.84. The van der Waals surface area contributed by atoms with Gasteiger partial charge in [-0.05, 0) is 114 Å². The molecule has 0 radical (unpaired) electrons. The zero-order valence-electron chi connectivity index (χ0n) is 35.8. The SMILES string of the molecule is C1=CC2(Oc3c1c1c(c4cc(Sc5ccccc5)ccc34)-c3ccccc3C13CCCCCCC3)c1ccc(cc1)OCCCCCCCCCCCCOc1ccc2cc1. The van der Waals surface area contributed by atoms with Gasteiger partial charge in [-0.25, -0.2) is 0 Å². The Balaban J connectivity index is 1.12. The quantitative estimate of drug-likeness (QED) is 0.174. The Kier molecular flexibility index (Phi) is 12.0. The molecule has 0 saturated heterocycles. The summed E-state index contributed by atoms with van der Waals surface area (Å²) in [6.07, 6.45) is 26.1. The number of ether oxygens (including phenoxy) is 3. The van der Waals surface area contributed by atoms with Gasteiger partial charge < -0.3 is 14.2 Å². The second kappa shape index (κ2) is 18.2. The Bertz CT molecular complexity index is 2400. The lowest BCUT2D eigenvalue weighted by atomic mass is 9.67. The molecule has 4 bridgehead atoms. The standard InChI is InChI=1S/C57H60O3S/c1-2-4-6-11-20-40-59-45-31-27-43(28-32-45)57(42-25-29-44(30-26-42)58-39-19-10-5-3-1)38-35-50-54-53(49-23-15-16-24-52(49)56(54)36-17-8-7-9-18-37-56)51-41-47(33-34-48(51)55(50)60-57)61-46-21-13-12-14-22-46/h12-16,21-35,38,41H,1-11,17-20,36-37,39-40H2. The third-order valence-electron chi connectivity index (χ3n) is 14.0. The van der Waals surface area contributed by atoms with Crippen LogP contribution in [0.1, 0.15) is 137 Å². The highest BCUT2D eigenvalue weighted by Gasteiger charge is 2.48. The fourth-order valence-electron chi connectivity index (χ4n) is 10.9. The molecule has 61 heavy (non-hydrogen) atoms. The lowest BCUT2D eigenvalue weighted by Crippen LogP contribution is -2.35. The van der Waals surface area contributed by atoms with Crippen molar-refractivity contribution < 1.29 is 14.2 Å². The van der Waals surface area contributed by atoms with E-state index in [1.807, 2.05) is 11.8 Å². The van der Waals surface area contributed by atoms with Gasteiger partial charge in [-0.1, -0.05) is 168 Å². The lowest BCUT2D eigenvalue weighted by Gasteiger charge is -2.40. The Morgan fingerprint density at radius 1 is 0.475 bits per heavy atom. The van der Waals surface area contributed by atoms with Gasteiger partial charge in [0.25, 0.3) is 0 Å². The van der Waals surface area contributed by atoms with Crippen LogP contribution in [-0.4, -0.2) is 13.2 Å². The van der Waals surface area contributed by atoms with E-state index < -0.39 is 5.60 Å². The Morgan fingerprint density at radius 3 is 1.66 bits per heavy atom. The highest BCUT2D eigenvalue weighted by Crippen LogP contribution is 2.62. The van der Waals surface area contributed by atoms with Crippen molar-refractivity contribution in [1.29, 1.82) is 0 Å². The number of fused-ring (bicyclic) bond motifs is 12. The maximum Gasteiger partial charge on any atom is 0.178 e. The van der Waals surface area contributed by atoms with Gasteiger partial charge in [-0.15, -0.1) is 0 Å². The van der Waals surface area contributed by atoms with Crippen molar-refractivity contribution in [2.75, 3.05) is 13.2 Å². The van der Waals surface area contributed by atoms with Crippen molar-refractivity contribution in [1.82, 2.24) is 0 Å². The highest BCUT2D eigenvalue weighted by molar-refractivity contribution is 7.99. The van der Waals surface area contributed by atoms with Gasteiger partial charge in [-0.2, -0.15) is 0 Å².